The molecule has 0 atom stereocenters. The van der Waals surface area contributed by atoms with Crippen molar-refractivity contribution >= 4 is 0 Å². The van der Waals surface area contributed by atoms with E-state index in [1.807, 2.05) is 0 Å². The summed E-state index contributed by atoms with van der Waals surface area (Å²) >= 11 is 0. The van der Waals surface area contributed by atoms with Gasteiger partial charge in [-0.3, -0.25) is 4.90 Å². The van der Waals surface area contributed by atoms with Crippen LogP contribution in [0.5, 0.6) is 0 Å². The first kappa shape index (κ1) is 27.9. The van der Waals surface area contributed by atoms with Gasteiger partial charge in [0.2, 0.25) is 0 Å². The highest BCUT2D eigenvalue weighted by Gasteiger charge is 2.22. The molecule has 0 heterocycles. The van der Waals surface area contributed by atoms with Gasteiger partial charge in [0.05, 0.1) is 0 Å². The highest BCUT2D eigenvalue weighted by molar-refractivity contribution is 4.75. The van der Waals surface area contributed by atoms with Crippen LogP contribution in [0.1, 0.15) is 95.9 Å². The minimum Gasteiger partial charge on any atom is -0.302 e. The maximum Gasteiger partial charge on any atom is 0.0115 e. The fourth-order valence-electron chi connectivity index (χ4n) is 5.24. The van der Waals surface area contributed by atoms with E-state index >= 15 is 0 Å². The normalized spacial score (nSPS) is 13.5. The summed E-state index contributed by atoms with van der Waals surface area (Å²) in [4.78, 5) is 5.44. The summed E-state index contributed by atoms with van der Waals surface area (Å²) in [5.74, 6) is 4.79. The molecule has 0 aliphatic carbocycles. The quantitative estimate of drug-likeness (QED) is 0.293. The van der Waals surface area contributed by atoms with Crippen molar-refractivity contribution in [3.63, 3.8) is 0 Å². The van der Waals surface area contributed by atoms with E-state index in [1.54, 1.807) is 0 Å². The van der Waals surface area contributed by atoms with E-state index in [2.05, 4.69) is 92.9 Å². The molecule has 0 bridgehead atoms. The van der Waals surface area contributed by atoms with Gasteiger partial charge in [0.25, 0.3) is 0 Å². The first-order valence-corrected chi connectivity index (χ1v) is 12.4. The number of rotatable bonds is 15. The van der Waals surface area contributed by atoms with Crippen LogP contribution in [-0.4, -0.2) is 48.1 Å². The van der Waals surface area contributed by atoms with E-state index in [0.717, 1.165) is 35.5 Å². The van der Waals surface area contributed by atoms with E-state index in [9.17, 15) is 0 Å². The second-order valence-corrected chi connectivity index (χ2v) is 11.1. The fraction of sp³-hybridized carbons (Fsp3) is 1.00. The Morgan fingerprint density at radius 3 is 1.00 bits per heavy atom. The maximum absolute atomic E-state index is 2.78. The number of nitrogens with zero attached hydrogens (tertiary/aromatic N) is 2. The summed E-state index contributed by atoms with van der Waals surface area (Å²) in [5, 5.41) is 0. The fourth-order valence-corrected chi connectivity index (χ4v) is 5.24. The Bertz CT molecular complexity index is 290. The zero-order chi connectivity index (χ0) is 22.0. The third-order valence-corrected chi connectivity index (χ3v) is 6.98. The van der Waals surface area contributed by atoms with Crippen molar-refractivity contribution in [2.75, 3.05) is 26.2 Å². The largest absolute Gasteiger partial charge is 0.302 e. The monoisotopic (exact) mass is 396 g/mol. The van der Waals surface area contributed by atoms with Crippen LogP contribution in [0.4, 0.5) is 0 Å². The molecule has 0 aromatic rings. The predicted octanol–water partition coefficient (Wildman–Crippen LogP) is 7.04. The second kappa shape index (κ2) is 14.0. The summed E-state index contributed by atoms with van der Waals surface area (Å²) in [6, 6.07) is 1.25. The molecule has 2 heteroatoms. The van der Waals surface area contributed by atoms with Crippen molar-refractivity contribution in [2.24, 2.45) is 35.5 Å². The van der Waals surface area contributed by atoms with Gasteiger partial charge in [0, 0.05) is 25.2 Å². The Morgan fingerprint density at radius 1 is 0.429 bits per heavy atom. The third-order valence-electron chi connectivity index (χ3n) is 6.98. The Hall–Kier alpha value is -0.0800. The van der Waals surface area contributed by atoms with E-state index in [-0.39, 0.29) is 0 Å². The number of hydrogen-bond acceptors (Lipinski definition) is 2. The molecule has 0 saturated carbocycles. The minimum atomic E-state index is 0.625. The van der Waals surface area contributed by atoms with Crippen LogP contribution in [-0.2, 0) is 0 Å². The van der Waals surface area contributed by atoms with Gasteiger partial charge in [0.1, 0.15) is 0 Å². The van der Waals surface area contributed by atoms with Crippen LogP contribution in [0.3, 0.4) is 0 Å². The predicted molar refractivity (Wildman–Crippen MR) is 129 cm³/mol. The molecule has 0 aliphatic rings. The summed E-state index contributed by atoms with van der Waals surface area (Å²) in [5.41, 5.74) is 0. The molecule has 0 unspecified atom stereocenters. The Morgan fingerprint density at radius 2 is 0.750 bits per heavy atom. The first-order valence-electron chi connectivity index (χ1n) is 12.4. The van der Waals surface area contributed by atoms with Crippen molar-refractivity contribution in [1.82, 2.24) is 9.80 Å². The second-order valence-electron chi connectivity index (χ2n) is 11.1. The molecule has 170 valence electrons. The van der Waals surface area contributed by atoms with Gasteiger partial charge in [-0.15, -0.1) is 0 Å². The number of hydrogen-bond donors (Lipinski definition) is 0. The molecule has 0 amide bonds. The molecule has 0 aromatic carbocycles. The van der Waals surface area contributed by atoms with E-state index < -0.39 is 0 Å². The zero-order valence-corrected chi connectivity index (χ0v) is 21.8. The smallest absolute Gasteiger partial charge is 0.0115 e. The van der Waals surface area contributed by atoms with E-state index in [4.69, 9.17) is 0 Å². The summed E-state index contributed by atoms with van der Waals surface area (Å²) in [6.07, 6.45) is 2.68. The van der Waals surface area contributed by atoms with Crippen LogP contribution in [0.25, 0.3) is 0 Å². The van der Waals surface area contributed by atoms with Crippen molar-refractivity contribution in [3.05, 3.63) is 0 Å². The van der Waals surface area contributed by atoms with Gasteiger partial charge in [0.15, 0.2) is 0 Å². The van der Waals surface area contributed by atoms with Gasteiger partial charge in [-0.2, -0.15) is 0 Å². The zero-order valence-electron chi connectivity index (χ0n) is 21.8. The average Bonchev–Trinajstić information content (AvgIpc) is 2.52. The lowest BCUT2D eigenvalue weighted by Gasteiger charge is -2.35. The van der Waals surface area contributed by atoms with E-state index in [1.165, 1.54) is 39.0 Å². The van der Waals surface area contributed by atoms with Gasteiger partial charge in [-0.05, 0) is 89.1 Å². The summed E-state index contributed by atoms with van der Waals surface area (Å²) in [6.45, 7) is 33.5. The first-order chi connectivity index (χ1) is 12.9. The van der Waals surface area contributed by atoms with Crippen LogP contribution in [0, 0.1) is 35.5 Å². The molecule has 0 rings (SSSR count). The maximum atomic E-state index is 2.78. The third kappa shape index (κ3) is 10.6. The molecule has 0 aromatic heterocycles. The standard InChI is InChI=1S/C26H56N2/c1-19(2)25(20(3)4)13-15-27(16-14-26(21(5)6)22(7)8)17-18-28(23(9)10)24(11)12/h19-26H,13-18H2,1-12H3. The van der Waals surface area contributed by atoms with Crippen molar-refractivity contribution in [1.29, 1.82) is 0 Å². The molecular weight excluding hydrogens is 340 g/mol. The highest BCUT2D eigenvalue weighted by atomic mass is 15.2. The Kier molecular flexibility index (Phi) is 14.0. The molecule has 0 spiro atoms. The molecule has 0 fully saturated rings. The topological polar surface area (TPSA) is 6.48 Å². The van der Waals surface area contributed by atoms with Crippen molar-refractivity contribution < 1.29 is 0 Å². The molecule has 0 saturated heterocycles. The molecule has 2 nitrogen and oxygen atoms in total. The van der Waals surface area contributed by atoms with Gasteiger partial charge >= 0.3 is 0 Å². The van der Waals surface area contributed by atoms with Crippen LogP contribution >= 0.6 is 0 Å². The lowest BCUT2D eigenvalue weighted by molar-refractivity contribution is 0.125. The summed E-state index contributed by atoms with van der Waals surface area (Å²) < 4.78 is 0. The van der Waals surface area contributed by atoms with E-state index in [0.29, 0.717) is 12.1 Å². The molecular formula is C26H56N2. The molecule has 0 N–H and O–H groups in total. The lowest BCUT2D eigenvalue weighted by atomic mass is 9.82. The van der Waals surface area contributed by atoms with Crippen LogP contribution in [0.15, 0.2) is 0 Å². The van der Waals surface area contributed by atoms with Crippen molar-refractivity contribution in [2.45, 2.75) is 108 Å². The Balaban J connectivity index is 5.03. The van der Waals surface area contributed by atoms with Crippen LogP contribution < -0.4 is 0 Å². The average molecular weight is 397 g/mol. The van der Waals surface area contributed by atoms with Crippen LogP contribution in [0.2, 0.25) is 0 Å². The lowest BCUT2D eigenvalue weighted by Crippen LogP contribution is -2.43. The van der Waals surface area contributed by atoms with Crippen molar-refractivity contribution in [3.8, 4) is 0 Å². The summed E-state index contributed by atoms with van der Waals surface area (Å²) in [7, 11) is 0. The molecule has 0 aliphatic heterocycles. The SMILES string of the molecule is CC(C)C(CCN(CCC(C(C)C)C(C)C)CCN(C(C)C)C(C)C)C(C)C. The molecule has 28 heavy (non-hydrogen) atoms. The molecule has 0 radical (unpaired) electrons. The Labute approximate surface area is 179 Å². The van der Waals surface area contributed by atoms with Gasteiger partial charge in [-0.25, -0.2) is 0 Å². The van der Waals surface area contributed by atoms with Gasteiger partial charge < -0.3 is 4.90 Å². The van der Waals surface area contributed by atoms with Gasteiger partial charge in [-0.1, -0.05) is 55.4 Å². The highest BCUT2D eigenvalue weighted by Crippen LogP contribution is 2.26. The minimum absolute atomic E-state index is 0.625.